The Balaban J connectivity index is 1.26. The molecule has 9 rings (SSSR count). The van der Waals surface area contributed by atoms with Crippen molar-refractivity contribution in [3.63, 3.8) is 0 Å². The van der Waals surface area contributed by atoms with Crippen molar-refractivity contribution in [2.24, 2.45) is 22.9 Å². The number of fused-ring (bicyclic) bond motifs is 3. The van der Waals surface area contributed by atoms with Gasteiger partial charge in [-0.1, -0.05) is 72.6 Å². The molecular formula is C58H63N3O13. The summed E-state index contributed by atoms with van der Waals surface area (Å²) in [6, 6.07) is 28.9. The third kappa shape index (κ3) is 11.0. The number of ether oxygens (including phenoxy) is 6. The van der Waals surface area contributed by atoms with E-state index < -0.39 is 41.0 Å². The first-order valence-corrected chi connectivity index (χ1v) is 25.5. The molecule has 0 aromatic heterocycles. The average Bonchev–Trinajstić information content (AvgIpc) is 3.42. The normalized spacial score (nSPS) is 23.3. The molecule has 0 radical (unpaired) electrons. The predicted octanol–water partition coefficient (Wildman–Crippen LogP) is 11.2. The van der Waals surface area contributed by atoms with E-state index in [4.69, 9.17) is 38.4 Å². The maximum absolute atomic E-state index is 15.5. The zero-order valence-electron chi connectivity index (χ0n) is 41.6. The van der Waals surface area contributed by atoms with Crippen LogP contribution in [0, 0.1) is 27.9 Å². The molecule has 74 heavy (non-hydrogen) atoms. The van der Waals surface area contributed by atoms with Gasteiger partial charge in [0.05, 0.1) is 49.0 Å². The molecule has 4 aliphatic rings. The minimum atomic E-state index is -1.65. The maximum atomic E-state index is 15.5. The Kier molecular flexibility index (Phi) is 16.7. The number of benzene rings is 5. The van der Waals surface area contributed by atoms with Crippen LogP contribution in [0.25, 0.3) is 10.8 Å². The van der Waals surface area contributed by atoms with Crippen molar-refractivity contribution >= 4 is 34.6 Å². The number of amides is 1. The van der Waals surface area contributed by atoms with Crippen molar-refractivity contribution in [2.75, 3.05) is 33.5 Å². The minimum Gasteiger partial charge on any atom is -0.496 e. The Labute approximate surface area is 430 Å². The number of nitrogens with zero attached hydrogens (tertiary/aromatic N) is 3. The van der Waals surface area contributed by atoms with Gasteiger partial charge in [0.15, 0.2) is 6.29 Å². The predicted molar refractivity (Wildman–Crippen MR) is 277 cm³/mol. The van der Waals surface area contributed by atoms with Gasteiger partial charge in [-0.25, -0.2) is 4.79 Å². The van der Waals surface area contributed by atoms with Crippen LogP contribution in [0.3, 0.4) is 0 Å². The monoisotopic (exact) mass is 1010 g/mol. The first-order valence-electron chi connectivity index (χ1n) is 25.5. The Morgan fingerprint density at radius 3 is 2.43 bits per heavy atom. The molecule has 2 heterocycles. The van der Waals surface area contributed by atoms with E-state index in [9.17, 15) is 25.1 Å². The van der Waals surface area contributed by atoms with Gasteiger partial charge in [0.25, 0.3) is 5.69 Å². The molecule has 16 nitrogen and oxygen atoms in total. The van der Waals surface area contributed by atoms with Gasteiger partial charge >= 0.3 is 6.09 Å². The molecule has 7 atom stereocenters. The van der Waals surface area contributed by atoms with Crippen molar-refractivity contribution in [2.45, 2.75) is 94.8 Å². The second-order valence-electron chi connectivity index (χ2n) is 19.2. The van der Waals surface area contributed by atoms with Crippen LogP contribution >= 0.6 is 0 Å². The van der Waals surface area contributed by atoms with E-state index in [2.05, 4.69) is 12.7 Å². The molecule has 0 bridgehead atoms. The fraction of sp³-hybridized carbons (Fsp3) is 0.397. The van der Waals surface area contributed by atoms with Crippen LogP contribution in [-0.4, -0.2) is 89.8 Å². The average molecular weight is 1010 g/mol. The number of aliphatic hydroxyl groups excluding tert-OH is 2. The number of oxime groups is 1. The number of carbonyl (C=O) groups is 2. The first kappa shape index (κ1) is 51.8. The fourth-order valence-corrected chi connectivity index (χ4v) is 11.3. The molecule has 1 saturated carbocycles. The van der Waals surface area contributed by atoms with Crippen molar-refractivity contribution in [3.8, 4) is 28.7 Å². The van der Waals surface area contributed by atoms with E-state index in [1.807, 2.05) is 54.6 Å². The Bertz CT molecular complexity index is 2860. The molecule has 16 heteroatoms. The van der Waals surface area contributed by atoms with E-state index in [0.717, 1.165) is 53.2 Å². The number of unbranched alkanes of at least 4 members (excludes halogenated alkanes) is 2. The molecule has 1 amide bonds. The van der Waals surface area contributed by atoms with Crippen molar-refractivity contribution in [1.29, 1.82) is 0 Å². The zero-order chi connectivity index (χ0) is 51.6. The molecule has 5 aromatic rings. The lowest BCUT2D eigenvalue weighted by Crippen LogP contribution is -2.70. The van der Waals surface area contributed by atoms with Crippen molar-refractivity contribution in [3.05, 3.63) is 154 Å². The van der Waals surface area contributed by atoms with Gasteiger partial charge in [0, 0.05) is 49.7 Å². The highest BCUT2D eigenvalue weighted by molar-refractivity contribution is 6.03. The van der Waals surface area contributed by atoms with E-state index in [1.54, 1.807) is 35.2 Å². The third-order valence-corrected chi connectivity index (χ3v) is 14.7. The smallest absolute Gasteiger partial charge is 0.416 e. The summed E-state index contributed by atoms with van der Waals surface area (Å²) < 4.78 is 38.9. The number of aliphatic hydroxyl groups is 2. The lowest BCUT2D eigenvalue weighted by Gasteiger charge is -2.59. The van der Waals surface area contributed by atoms with Crippen LogP contribution < -0.4 is 18.9 Å². The van der Waals surface area contributed by atoms with Crippen molar-refractivity contribution < 1.29 is 58.0 Å². The van der Waals surface area contributed by atoms with Gasteiger partial charge in [-0.2, -0.15) is 0 Å². The number of aldehydes is 1. The molecule has 388 valence electrons. The summed E-state index contributed by atoms with van der Waals surface area (Å²) in [5.74, 6) is -0.947. The first-order chi connectivity index (χ1) is 36.2. The van der Waals surface area contributed by atoms with Gasteiger partial charge in [-0.15, -0.1) is 6.58 Å². The van der Waals surface area contributed by atoms with E-state index in [1.165, 1.54) is 31.4 Å². The summed E-state index contributed by atoms with van der Waals surface area (Å²) in [6.07, 6.45) is 9.88. The van der Waals surface area contributed by atoms with Crippen LogP contribution in [-0.2, 0) is 20.9 Å². The molecule has 7 unspecified atom stereocenters. The Morgan fingerprint density at radius 2 is 1.69 bits per heavy atom. The lowest BCUT2D eigenvalue weighted by molar-refractivity contribution is -0.384. The summed E-state index contributed by atoms with van der Waals surface area (Å²) in [5, 5.41) is 38.8. The lowest BCUT2D eigenvalue weighted by atomic mass is 9.55. The largest absolute Gasteiger partial charge is 0.496 e. The molecule has 5 aromatic carbocycles. The summed E-state index contributed by atoms with van der Waals surface area (Å²) in [5.41, 5.74) is 3.21. The van der Waals surface area contributed by atoms with Crippen molar-refractivity contribution in [1.82, 2.24) is 4.90 Å². The highest BCUT2D eigenvalue weighted by atomic mass is 16.8. The van der Waals surface area contributed by atoms with Crippen LogP contribution in [0.1, 0.15) is 91.6 Å². The van der Waals surface area contributed by atoms with Gasteiger partial charge in [-0.05, 0) is 121 Å². The molecular weight excluding hydrogens is 947 g/mol. The number of methoxy groups -OCH3 is 1. The van der Waals surface area contributed by atoms with Gasteiger partial charge in [-0.3, -0.25) is 19.8 Å². The second kappa shape index (κ2) is 23.8. The second-order valence-corrected chi connectivity index (χ2v) is 19.2. The van der Waals surface area contributed by atoms with Crippen LogP contribution in [0.15, 0.2) is 133 Å². The Hall–Kier alpha value is -7.11. The molecule has 0 spiro atoms. The van der Waals surface area contributed by atoms with E-state index in [0.29, 0.717) is 79.3 Å². The zero-order valence-corrected chi connectivity index (χ0v) is 41.6. The van der Waals surface area contributed by atoms with E-state index >= 15 is 4.79 Å². The number of allylic oxidation sites excluding steroid dienone is 1. The van der Waals surface area contributed by atoms with Crippen LogP contribution in [0.4, 0.5) is 10.5 Å². The minimum absolute atomic E-state index is 0.0185. The highest BCUT2D eigenvalue weighted by Crippen LogP contribution is 2.62. The molecule has 2 N–H and O–H groups in total. The number of nitro benzene ring substituents is 1. The number of non-ortho nitro benzene ring substituents is 1. The SMILES string of the molecule is C=CCOC12Oc3ccc(Oc4ccc(OC)c(C=O)c4)cc3C3C(CCCCO)C(CCCCO)C=C(C(=NOC4CCCCO4)CC1N(Cc1cccc4ccccc14)C(=O)Oc1ccc([N+](=O)[O-])cc1)C32. The molecule has 2 aliphatic heterocycles. The number of carbonyl (C=O) groups excluding carboxylic acids is 2. The Morgan fingerprint density at radius 1 is 0.932 bits per heavy atom. The molecule has 1 saturated heterocycles. The summed E-state index contributed by atoms with van der Waals surface area (Å²) in [4.78, 5) is 46.7. The third-order valence-electron chi connectivity index (χ3n) is 14.7. The molecule has 2 aliphatic carbocycles. The number of hydrogen-bond donors (Lipinski definition) is 2. The summed E-state index contributed by atoms with van der Waals surface area (Å²) >= 11 is 0. The van der Waals surface area contributed by atoms with Gasteiger partial charge in [0.1, 0.15) is 34.8 Å². The van der Waals surface area contributed by atoms with E-state index in [-0.39, 0.29) is 56.1 Å². The topological polar surface area (TPSA) is 198 Å². The van der Waals surface area contributed by atoms with Crippen LogP contribution in [0.5, 0.6) is 28.7 Å². The maximum Gasteiger partial charge on any atom is 0.416 e. The standard InChI is InChI=1S/C58H63N3O13/c1-3-30-70-58-53(60(36-40-16-12-15-38-13-4-5-17-46(38)40)57(65)72-43-22-20-42(21-23-43)61(66)67)35-50(59-74-54-19-8-11-31-69-54)48-33-39(14-6-9-28-62)47(18-7-10-29-63)55(56(48)58)49-34-45(25-27-52(49)73-58)71-44-24-26-51(68-2)41(32-44)37-64/h3-5,12-13,15-17,20-27,32-34,37,39,47,53-56,62-63H,1,6-11,14,18-19,28-31,35-36H2,2H3. The number of hydrogen-bond acceptors (Lipinski definition) is 14. The van der Waals surface area contributed by atoms with Crippen LogP contribution in [0.2, 0.25) is 0 Å². The summed E-state index contributed by atoms with van der Waals surface area (Å²) in [6.45, 7) is 4.71. The van der Waals surface area contributed by atoms with Gasteiger partial charge in [0.2, 0.25) is 12.1 Å². The molecule has 2 fully saturated rings. The number of rotatable bonds is 22. The quantitative estimate of drug-likeness (QED) is 0.0218. The van der Waals surface area contributed by atoms with Gasteiger partial charge < -0.3 is 43.5 Å². The number of nitro groups is 1. The summed E-state index contributed by atoms with van der Waals surface area (Å²) in [7, 11) is 1.50. The fourth-order valence-electron chi connectivity index (χ4n) is 11.3. The highest BCUT2D eigenvalue weighted by Gasteiger charge is 2.66.